The summed E-state index contributed by atoms with van der Waals surface area (Å²) in [6, 6.07) is 0.0424. The van der Waals surface area contributed by atoms with Gasteiger partial charge < -0.3 is 5.73 Å². The fourth-order valence-corrected chi connectivity index (χ4v) is 0.907. The van der Waals surface area contributed by atoms with E-state index in [9.17, 15) is 4.21 Å². The molecule has 0 spiro atoms. The SMILES string of the molecule is CC(N)C(C)S(C)=O. The van der Waals surface area contributed by atoms with E-state index in [-0.39, 0.29) is 11.3 Å². The lowest BCUT2D eigenvalue weighted by Gasteiger charge is -2.10. The molecule has 0 fully saturated rings. The molecule has 3 unspecified atom stereocenters. The first-order valence-electron chi connectivity index (χ1n) is 2.63. The van der Waals surface area contributed by atoms with Crippen LogP contribution in [0.5, 0.6) is 0 Å². The average molecular weight is 135 g/mol. The average Bonchev–Trinajstić information content (AvgIpc) is 1.64. The summed E-state index contributed by atoms with van der Waals surface area (Å²) in [5.41, 5.74) is 5.44. The minimum atomic E-state index is -0.765. The molecule has 3 heteroatoms. The van der Waals surface area contributed by atoms with Crippen LogP contribution in [0.1, 0.15) is 13.8 Å². The summed E-state index contributed by atoms with van der Waals surface area (Å²) < 4.78 is 10.6. The first kappa shape index (κ1) is 8.11. The van der Waals surface area contributed by atoms with Crippen molar-refractivity contribution in [3.8, 4) is 0 Å². The monoisotopic (exact) mass is 135 g/mol. The van der Waals surface area contributed by atoms with Gasteiger partial charge in [0, 0.05) is 28.3 Å². The van der Waals surface area contributed by atoms with Crippen LogP contribution in [0, 0.1) is 0 Å². The van der Waals surface area contributed by atoms with Crippen molar-refractivity contribution in [1.82, 2.24) is 0 Å². The zero-order chi connectivity index (χ0) is 6.73. The maximum atomic E-state index is 10.6. The zero-order valence-corrected chi connectivity index (χ0v) is 6.37. The predicted octanol–water partition coefficient (Wildman–Crippen LogP) is 0.101. The van der Waals surface area contributed by atoms with Crippen LogP contribution in [0.25, 0.3) is 0 Å². The van der Waals surface area contributed by atoms with Crippen LogP contribution in [0.2, 0.25) is 0 Å². The van der Waals surface area contributed by atoms with Crippen LogP contribution in [-0.2, 0) is 10.8 Å². The first-order valence-corrected chi connectivity index (χ1v) is 4.25. The van der Waals surface area contributed by atoms with Crippen molar-refractivity contribution in [3.05, 3.63) is 0 Å². The van der Waals surface area contributed by atoms with Gasteiger partial charge in [-0.3, -0.25) is 4.21 Å². The second-order valence-electron chi connectivity index (χ2n) is 2.06. The Labute approximate surface area is 52.9 Å². The summed E-state index contributed by atoms with van der Waals surface area (Å²) in [6.45, 7) is 3.76. The van der Waals surface area contributed by atoms with Crippen LogP contribution in [0.4, 0.5) is 0 Å². The molecule has 0 heterocycles. The van der Waals surface area contributed by atoms with E-state index in [2.05, 4.69) is 0 Å². The van der Waals surface area contributed by atoms with Gasteiger partial charge >= 0.3 is 0 Å². The summed E-state index contributed by atoms with van der Waals surface area (Å²) in [4.78, 5) is 0. The molecule has 0 saturated heterocycles. The molecular formula is C5H13NOS. The van der Waals surface area contributed by atoms with Gasteiger partial charge in [0.25, 0.3) is 0 Å². The molecule has 0 aliphatic rings. The quantitative estimate of drug-likeness (QED) is 0.583. The van der Waals surface area contributed by atoms with Crippen LogP contribution in [-0.4, -0.2) is 21.8 Å². The van der Waals surface area contributed by atoms with Crippen LogP contribution >= 0.6 is 0 Å². The van der Waals surface area contributed by atoms with Gasteiger partial charge in [0.05, 0.1) is 0 Å². The van der Waals surface area contributed by atoms with Crippen LogP contribution in [0.15, 0.2) is 0 Å². The van der Waals surface area contributed by atoms with Crippen molar-refractivity contribution in [1.29, 1.82) is 0 Å². The summed E-state index contributed by atoms with van der Waals surface area (Å²) in [7, 11) is -0.765. The smallest absolute Gasteiger partial charge is 0.0465 e. The van der Waals surface area contributed by atoms with E-state index in [1.165, 1.54) is 0 Å². The number of rotatable bonds is 2. The summed E-state index contributed by atoms with van der Waals surface area (Å²) in [5, 5.41) is 0.120. The second kappa shape index (κ2) is 3.20. The molecule has 0 aliphatic carbocycles. The van der Waals surface area contributed by atoms with Gasteiger partial charge in [0.2, 0.25) is 0 Å². The molecule has 3 atom stereocenters. The van der Waals surface area contributed by atoms with E-state index < -0.39 is 10.8 Å². The van der Waals surface area contributed by atoms with E-state index in [1.54, 1.807) is 6.26 Å². The molecule has 0 aromatic heterocycles. The fourth-order valence-electron chi connectivity index (χ4n) is 0.302. The largest absolute Gasteiger partial charge is 0.327 e. The molecule has 0 radical (unpaired) electrons. The Morgan fingerprint density at radius 3 is 1.88 bits per heavy atom. The van der Waals surface area contributed by atoms with E-state index in [0.717, 1.165) is 0 Å². The Morgan fingerprint density at radius 1 is 1.50 bits per heavy atom. The lowest BCUT2D eigenvalue weighted by Crippen LogP contribution is -2.31. The molecule has 0 bridgehead atoms. The summed E-state index contributed by atoms with van der Waals surface area (Å²) >= 11 is 0. The van der Waals surface area contributed by atoms with E-state index in [4.69, 9.17) is 5.73 Å². The van der Waals surface area contributed by atoms with Crippen molar-refractivity contribution in [2.24, 2.45) is 5.73 Å². The first-order chi connectivity index (χ1) is 3.55. The lowest BCUT2D eigenvalue weighted by molar-refractivity contribution is 0.653. The molecule has 0 amide bonds. The molecule has 50 valence electrons. The van der Waals surface area contributed by atoms with E-state index in [1.807, 2.05) is 13.8 Å². The molecule has 0 aliphatic heterocycles. The Balaban J connectivity index is 3.64. The molecule has 2 N–H and O–H groups in total. The third-order valence-corrected chi connectivity index (χ3v) is 2.74. The van der Waals surface area contributed by atoms with Gasteiger partial charge in [-0.2, -0.15) is 0 Å². The molecule has 8 heavy (non-hydrogen) atoms. The van der Waals surface area contributed by atoms with Gasteiger partial charge in [-0.05, 0) is 13.8 Å². The van der Waals surface area contributed by atoms with Gasteiger partial charge in [-0.1, -0.05) is 0 Å². The summed E-state index contributed by atoms with van der Waals surface area (Å²) in [5.74, 6) is 0. The third-order valence-electron chi connectivity index (χ3n) is 1.26. The van der Waals surface area contributed by atoms with E-state index in [0.29, 0.717) is 0 Å². The summed E-state index contributed by atoms with van der Waals surface area (Å²) in [6.07, 6.45) is 1.67. The van der Waals surface area contributed by atoms with Crippen LogP contribution < -0.4 is 5.73 Å². The highest BCUT2D eigenvalue weighted by molar-refractivity contribution is 7.84. The van der Waals surface area contributed by atoms with Crippen molar-refractivity contribution < 1.29 is 4.21 Å². The second-order valence-corrected chi connectivity index (χ2v) is 3.80. The molecule has 0 saturated carbocycles. The number of hydrogen-bond donors (Lipinski definition) is 1. The highest BCUT2D eigenvalue weighted by Crippen LogP contribution is 1.95. The predicted molar refractivity (Wildman–Crippen MR) is 37.2 cm³/mol. The minimum Gasteiger partial charge on any atom is -0.327 e. The fraction of sp³-hybridized carbons (Fsp3) is 1.00. The lowest BCUT2D eigenvalue weighted by atomic mass is 10.3. The highest BCUT2D eigenvalue weighted by atomic mass is 32.2. The molecular weight excluding hydrogens is 122 g/mol. The Morgan fingerprint density at radius 2 is 1.88 bits per heavy atom. The molecule has 2 nitrogen and oxygen atoms in total. The highest BCUT2D eigenvalue weighted by Gasteiger charge is 2.09. The Kier molecular flexibility index (Phi) is 3.24. The van der Waals surface area contributed by atoms with Crippen molar-refractivity contribution in [2.75, 3.05) is 6.26 Å². The molecule has 0 aromatic carbocycles. The molecule has 0 rings (SSSR count). The van der Waals surface area contributed by atoms with Crippen molar-refractivity contribution in [3.63, 3.8) is 0 Å². The standard InChI is InChI=1S/C5H13NOS/c1-4(6)5(2)8(3)7/h4-5H,6H2,1-3H3. The molecule has 0 aromatic rings. The van der Waals surface area contributed by atoms with Crippen LogP contribution in [0.3, 0.4) is 0 Å². The minimum absolute atomic E-state index is 0.0424. The normalized spacial score (nSPS) is 22.0. The zero-order valence-electron chi connectivity index (χ0n) is 5.55. The Bertz CT molecular complexity index is 92.4. The maximum absolute atomic E-state index is 10.6. The van der Waals surface area contributed by atoms with Gasteiger partial charge in [-0.25, -0.2) is 0 Å². The topological polar surface area (TPSA) is 43.1 Å². The maximum Gasteiger partial charge on any atom is 0.0465 e. The number of nitrogens with two attached hydrogens (primary N) is 1. The third kappa shape index (κ3) is 2.43. The van der Waals surface area contributed by atoms with Crippen molar-refractivity contribution >= 4 is 10.8 Å². The number of hydrogen-bond acceptors (Lipinski definition) is 2. The van der Waals surface area contributed by atoms with Gasteiger partial charge in [0.15, 0.2) is 0 Å². The van der Waals surface area contributed by atoms with Gasteiger partial charge in [-0.15, -0.1) is 0 Å². The van der Waals surface area contributed by atoms with Crippen molar-refractivity contribution in [2.45, 2.75) is 25.1 Å². The van der Waals surface area contributed by atoms with Gasteiger partial charge in [0.1, 0.15) is 0 Å². The van der Waals surface area contributed by atoms with E-state index >= 15 is 0 Å². The Hall–Kier alpha value is 0.110.